The van der Waals surface area contributed by atoms with Gasteiger partial charge < -0.3 is 0 Å². The number of carbonyl (C=O) groups excluding carboxylic acids is 3. The van der Waals surface area contributed by atoms with E-state index < -0.39 is 0 Å². The number of benzene rings is 2. The second-order valence-corrected chi connectivity index (χ2v) is 12.9. The van der Waals surface area contributed by atoms with Crippen molar-refractivity contribution in [2.75, 3.05) is 0 Å². The van der Waals surface area contributed by atoms with Gasteiger partial charge in [0.25, 0.3) is 0 Å². The molecular weight excluding hydrogens is 516 g/mol. The highest BCUT2D eigenvalue weighted by atomic mass is 16.1. The normalized spacial score (nSPS) is 15.5. The van der Waals surface area contributed by atoms with Gasteiger partial charge in [0.15, 0.2) is 5.78 Å². The van der Waals surface area contributed by atoms with Gasteiger partial charge in [-0.2, -0.15) is 0 Å². The number of hydrogen-bond donors (Lipinski definition) is 0. The lowest BCUT2D eigenvalue weighted by molar-refractivity contribution is -0.129. The lowest BCUT2D eigenvalue weighted by atomic mass is 9.71. The molecule has 234 valence electrons. The Morgan fingerprint density at radius 1 is 0.762 bits per heavy atom. The smallest absolute Gasteiger partial charge is 0.163 e. The number of Topliss-reactive ketones (excluding diaryl/α,β-unsaturated/α-hetero) is 3. The molecule has 0 saturated carbocycles. The molecule has 0 spiro atoms. The Labute approximate surface area is 258 Å². The molecule has 0 amide bonds. The summed E-state index contributed by atoms with van der Waals surface area (Å²) >= 11 is 0. The zero-order valence-electron chi connectivity index (χ0n) is 29.3. The molecule has 3 unspecified atom stereocenters. The van der Waals surface area contributed by atoms with E-state index in [0.717, 1.165) is 43.2 Å². The summed E-state index contributed by atoms with van der Waals surface area (Å²) in [5, 5.41) is 0. The Bertz CT molecular complexity index is 1130. The average Bonchev–Trinajstić information content (AvgIpc) is 2.92. The van der Waals surface area contributed by atoms with Crippen molar-refractivity contribution < 1.29 is 14.4 Å². The van der Waals surface area contributed by atoms with Crippen LogP contribution in [0.2, 0.25) is 0 Å². The Morgan fingerprint density at radius 2 is 1.21 bits per heavy atom. The van der Waals surface area contributed by atoms with Crippen LogP contribution in [0.3, 0.4) is 0 Å². The summed E-state index contributed by atoms with van der Waals surface area (Å²) in [6, 6.07) is 4.15. The monoisotopic (exact) mass is 576 g/mol. The number of rotatable bonds is 9. The highest BCUT2D eigenvalue weighted by molar-refractivity contribution is 6.00. The number of ketones is 3. The summed E-state index contributed by atoms with van der Waals surface area (Å²) in [5.74, 6) is 0.766. The van der Waals surface area contributed by atoms with Crippen LogP contribution in [0.5, 0.6) is 0 Å². The minimum atomic E-state index is -0.0658. The molecule has 0 N–H and O–H groups in total. The molecular formula is C39H60O3. The first-order valence-corrected chi connectivity index (χ1v) is 16.3. The molecule has 1 aliphatic rings. The zero-order chi connectivity index (χ0) is 32.3. The van der Waals surface area contributed by atoms with Crippen molar-refractivity contribution in [2.45, 2.75) is 141 Å². The number of hydrogen-bond acceptors (Lipinski definition) is 3. The third-order valence-corrected chi connectivity index (χ3v) is 9.52. The Balaban J connectivity index is 0.000000487. The Kier molecular flexibility index (Phi) is 15.6. The van der Waals surface area contributed by atoms with E-state index in [0.29, 0.717) is 12.3 Å². The fourth-order valence-corrected chi connectivity index (χ4v) is 6.58. The van der Waals surface area contributed by atoms with Crippen molar-refractivity contribution in [1.82, 2.24) is 0 Å². The van der Waals surface area contributed by atoms with E-state index in [9.17, 15) is 14.4 Å². The molecule has 3 nitrogen and oxygen atoms in total. The van der Waals surface area contributed by atoms with E-state index in [2.05, 4.69) is 75.3 Å². The predicted molar refractivity (Wildman–Crippen MR) is 180 cm³/mol. The molecule has 2 aromatic rings. The number of fused-ring (bicyclic) bond motifs is 1. The Morgan fingerprint density at radius 3 is 1.62 bits per heavy atom. The van der Waals surface area contributed by atoms with Gasteiger partial charge in [-0.1, -0.05) is 59.1 Å². The maximum Gasteiger partial charge on any atom is 0.163 e. The van der Waals surface area contributed by atoms with E-state index in [1.54, 1.807) is 0 Å². The van der Waals surface area contributed by atoms with Crippen molar-refractivity contribution in [3.63, 3.8) is 0 Å². The zero-order valence-corrected chi connectivity index (χ0v) is 29.3. The van der Waals surface area contributed by atoms with Crippen molar-refractivity contribution in [2.24, 2.45) is 17.8 Å². The van der Waals surface area contributed by atoms with Crippen molar-refractivity contribution in [3.05, 3.63) is 67.8 Å². The van der Waals surface area contributed by atoms with Crippen LogP contribution in [0.15, 0.2) is 12.1 Å². The molecule has 42 heavy (non-hydrogen) atoms. The third kappa shape index (κ3) is 9.75. The van der Waals surface area contributed by atoms with Gasteiger partial charge in [0.05, 0.1) is 6.42 Å². The van der Waals surface area contributed by atoms with E-state index in [1.165, 1.54) is 57.9 Å². The van der Waals surface area contributed by atoms with E-state index >= 15 is 0 Å². The molecule has 0 aliphatic heterocycles. The van der Waals surface area contributed by atoms with Gasteiger partial charge in [-0.05, 0) is 143 Å². The van der Waals surface area contributed by atoms with Crippen LogP contribution in [0, 0.1) is 73.1 Å². The van der Waals surface area contributed by atoms with Crippen LogP contribution in [-0.4, -0.2) is 17.3 Å². The second kappa shape index (κ2) is 17.5. The van der Waals surface area contributed by atoms with E-state index in [-0.39, 0.29) is 35.6 Å². The second-order valence-electron chi connectivity index (χ2n) is 12.9. The Hall–Kier alpha value is -2.55. The standard InChI is InChI=1S/C24H34O3.C12H18.C3H8/c1-6-8-19(20(7-2)22(26)11-17(5)25)12-18-13-21-15(3)9-10-16(4)24(21)23(27)14-18;1-7-8(2)10(4)12(6)11(5)9(7)3;1-3-2/h9-10,18-20H,6-8,11-14H2,1-5H3;1-6H3;3H2,1-2H3. The van der Waals surface area contributed by atoms with Crippen molar-refractivity contribution >= 4 is 17.3 Å². The maximum absolute atomic E-state index is 12.8. The molecule has 3 rings (SSSR count). The first kappa shape index (κ1) is 37.5. The summed E-state index contributed by atoms with van der Waals surface area (Å²) in [4.78, 5) is 36.9. The molecule has 0 radical (unpaired) electrons. The lowest BCUT2D eigenvalue weighted by Gasteiger charge is -2.32. The van der Waals surface area contributed by atoms with Gasteiger partial charge in [0.1, 0.15) is 11.6 Å². The summed E-state index contributed by atoms with van der Waals surface area (Å²) in [5.41, 5.74) is 13.1. The van der Waals surface area contributed by atoms with Gasteiger partial charge >= 0.3 is 0 Å². The van der Waals surface area contributed by atoms with Crippen LogP contribution in [-0.2, 0) is 16.0 Å². The minimum Gasteiger partial charge on any atom is -0.300 e. The van der Waals surface area contributed by atoms with E-state index in [1.807, 2.05) is 19.9 Å². The van der Waals surface area contributed by atoms with Gasteiger partial charge in [0.2, 0.25) is 0 Å². The number of aryl methyl sites for hydroxylation is 2. The van der Waals surface area contributed by atoms with Gasteiger partial charge in [-0.15, -0.1) is 0 Å². The van der Waals surface area contributed by atoms with Gasteiger partial charge in [0, 0.05) is 17.9 Å². The summed E-state index contributed by atoms with van der Waals surface area (Å²) in [7, 11) is 0. The average molecular weight is 577 g/mol. The molecule has 3 atom stereocenters. The topological polar surface area (TPSA) is 51.2 Å². The SMILES string of the molecule is CCC.CCCC(CC1CC(=O)c2c(C)ccc(C)c2C1)C(CC)C(=O)CC(C)=O.Cc1c(C)c(C)c(C)c(C)c1C. The van der Waals surface area contributed by atoms with Crippen LogP contribution in [0.4, 0.5) is 0 Å². The molecule has 1 aliphatic carbocycles. The summed E-state index contributed by atoms with van der Waals surface area (Å²) < 4.78 is 0. The molecule has 0 heterocycles. The first-order chi connectivity index (χ1) is 19.7. The largest absolute Gasteiger partial charge is 0.300 e. The fraction of sp³-hybridized carbons (Fsp3) is 0.615. The maximum atomic E-state index is 12.8. The highest BCUT2D eigenvalue weighted by Crippen LogP contribution is 2.37. The minimum absolute atomic E-state index is 0.0451. The van der Waals surface area contributed by atoms with Crippen LogP contribution in [0.25, 0.3) is 0 Å². The molecule has 0 saturated heterocycles. The fourth-order valence-electron chi connectivity index (χ4n) is 6.58. The van der Waals surface area contributed by atoms with Gasteiger partial charge in [-0.3, -0.25) is 14.4 Å². The summed E-state index contributed by atoms with van der Waals surface area (Å²) in [6.45, 7) is 27.3. The molecule has 2 aromatic carbocycles. The van der Waals surface area contributed by atoms with Crippen molar-refractivity contribution in [1.29, 1.82) is 0 Å². The quantitative estimate of drug-likeness (QED) is 0.279. The molecule has 0 bridgehead atoms. The van der Waals surface area contributed by atoms with Crippen molar-refractivity contribution in [3.8, 4) is 0 Å². The van der Waals surface area contributed by atoms with Gasteiger partial charge in [-0.25, -0.2) is 0 Å². The number of carbonyl (C=O) groups is 3. The molecule has 0 fully saturated rings. The molecule has 3 heteroatoms. The predicted octanol–water partition coefficient (Wildman–Crippen LogP) is 10.4. The first-order valence-electron chi connectivity index (χ1n) is 16.3. The van der Waals surface area contributed by atoms with Crippen LogP contribution in [0.1, 0.15) is 140 Å². The highest BCUT2D eigenvalue weighted by Gasteiger charge is 2.33. The lowest BCUT2D eigenvalue weighted by Crippen LogP contribution is -2.30. The third-order valence-electron chi connectivity index (χ3n) is 9.52. The van der Waals surface area contributed by atoms with E-state index in [4.69, 9.17) is 0 Å². The summed E-state index contributed by atoms with van der Waals surface area (Å²) in [6.07, 6.45) is 6.46. The van der Waals surface area contributed by atoms with Crippen LogP contribution < -0.4 is 0 Å². The molecule has 0 aromatic heterocycles. The van der Waals surface area contributed by atoms with Crippen LogP contribution >= 0.6 is 0 Å².